The van der Waals surface area contributed by atoms with Crippen LogP contribution in [0, 0.1) is 5.92 Å². The topological polar surface area (TPSA) is 150 Å². The van der Waals surface area contributed by atoms with Gasteiger partial charge in [0.25, 0.3) is 5.56 Å². The van der Waals surface area contributed by atoms with Gasteiger partial charge in [-0.15, -0.1) is 0 Å². The fourth-order valence-corrected chi connectivity index (χ4v) is 4.21. The standard InChI is InChI=1S/C20H20Cl2N6O4/c21-12-2-1-10(7-13(12)22)24-18(31)11-8-14(29)25-17-15(11)19(32)27-20(26-17)28-5-3-9(4-6-28)16(23)30/h1-2,7,9,11H,3-6,8H2,(H2,23,30)(H,24,31)(H2,25,26,27,29,32)/t11-/m1/s1. The van der Waals surface area contributed by atoms with Gasteiger partial charge in [0.1, 0.15) is 5.82 Å². The molecule has 0 saturated carbocycles. The van der Waals surface area contributed by atoms with Crippen LogP contribution in [-0.4, -0.2) is 40.8 Å². The van der Waals surface area contributed by atoms with Crippen LogP contribution in [0.5, 0.6) is 0 Å². The Hall–Kier alpha value is -3.11. The zero-order valence-corrected chi connectivity index (χ0v) is 18.3. The van der Waals surface area contributed by atoms with Crippen LogP contribution in [-0.2, 0) is 14.4 Å². The number of anilines is 3. The number of rotatable bonds is 4. The third-order valence-electron chi connectivity index (χ3n) is 5.64. The SMILES string of the molecule is NC(=O)C1CCN(c2nc3c(c(=O)[nH]2)[C@H](C(=O)Nc2ccc(Cl)c(Cl)c2)CC(=O)N3)CC1. The van der Waals surface area contributed by atoms with E-state index in [2.05, 4.69) is 20.6 Å². The van der Waals surface area contributed by atoms with E-state index in [1.54, 1.807) is 6.07 Å². The van der Waals surface area contributed by atoms with E-state index in [4.69, 9.17) is 28.9 Å². The number of hydrogen-bond donors (Lipinski definition) is 4. The first kappa shape index (κ1) is 22.1. The van der Waals surface area contributed by atoms with E-state index >= 15 is 0 Å². The highest BCUT2D eigenvalue weighted by Crippen LogP contribution is 2.32. The molecule has 1 aromatic carbocycles. The Morgan fingerprint density at radius 3 is 2.53 bits per heavy atom. The summed E-state index contributed by atoms with van der Waals surface area (Å²) in [5, 5.41) is 5.84. The monoisotopic (exact) mass is 478 g/mol. The molecule has 168 valence electrons. The lowest BCUT2D eigenvalue weighted by Crippen LogP contribution is -2.41. The first-order valence-electron chi connectivity index (χ1n) is 9.97. The van der Waals surface area contributed by atoms with Crippen LogP contribution in [0.2, 0.25) is 10.0 Å². The Morgan fingerprint density at radius 2 is 1.88 bits per heavy atom. The molecule has 12 heteroatoms. The number of carbonyl (C=O) groups is 3. The van der Waals surface area contributed by atoms with Crippen molar-refractivity contribution in [1.82, 2.24) is 9.97 Å². The molecule has 1 atom stereocenters. The van der Waals surface area contributed by atoms with Crippen LogP contribution >= 0.6 is 23.2 Å². The molecule has 1 aromatic heterocycles. The van der Waals surface area contributed by atoms with Gasteiger partial charge in [-0.25, -0.2) is 0 Å². The average molecular weight is 479 g/mol. The third kappa shape index (κ3) is 4.42. The van der Waals surface area contributed by atoms with Crippen LogP contribution in [0.1, 0.15) is 30.7 Å². The molecule has 3 heterocycles. The number of aromatic amines is 1. The highest BCUT2D eigenvalue weighted by atomic mass is 35.5. The lowest BCUT2D eigenvalue weighted by Gasteiger charge is -2.32. The molecule has 0 bridgehead atoms. The number of H-pyrrole nitrogens is 1. The fourth-order valence-electron chi connectivity index (χ4n) is 3.91. The number of nitrogens with two attached hydrogens (primary N) is 1. The van der Waals surface area contributed by atoms with E-state index in [1.165, 1.54) is 12.1 Å². The molecule has 1 fully saturated rings. The zero-order chi connectivity index (χ0) is 23.0. The van der Waals surface area contributed by atoms with Gasteiger partial charge in [-0.05, 0) is 31.0 Å². The van der Waals surface area contributed by atoms with E-state index in [-0.39, 0.29) is 40.6 Å². The van der Waals surface area contributed by atoms with Crippen molar-refractivity contribution in [3.05, 3.63) is 44.2 Å². The van der Waals surface area contributed by atoms with Crippen molar-refractivity contribution in [1.29, 1.82) is 0 Å². The van der Waals surface area contributed by atoms with Gasteiger partial charge < -0.3 is 21.3 Å². The van der Waals surface area contributed by atoms with Crippen molar-refractivity contribution in [2.45, 2.75) is 25.2 Å². The molecule has 0 radical (unpaired) electrons. The number of nitrogens with one attached hydrogen (secondary N) is 3. The highest BCUT2D eigenvalue weighted by molar-refractivity contribution is 6.42. The number of benzene rings is 1. The number of amides is 3. The summed E-state index contributed by atoms with van der Waals surface area (Å²) in [7, 11) is 0. The normalized spacial score (nSPS) is 18.6. The first-order valence-corrected chi connectivity index (χ1v) is 10.7. The summed E-state index contributed by atoms with van der Waals surface area (Å²) in [6.45, 7) is 0.953. The number of piperidine rings is 1. The summed E-state index contributed by atoms with van der Waals surface area (Å²) < 4.78 is 0. The van der Waals surface area contributed by atoms with Crippen molar-refractivity contribution in [3.8, 4) is 0 Å². The van der Waals surface area contributed by atoms with Gasteiger partial charge in [0.15, 0.2) is 0 Å². The van der Waals surface area contributed by atoms with Crippen LogP contribution in [0.15, 0.2) is 23.0 Å². The number of hydrogen-bond acceptors (Lipinski definition) is 6. The Morgan fingerprint density at radius 1 is 1.16 bits per heavy atom. The molecule has 5 N–H and O–H groups in total. The van der Waals surface area contributed by atoms with Gasteiger partial charge in [0.2, 0.25) is 23.7 Å². The molecule has 3 amide bonds. The van der Waals surface area contributed by atoms with E-state index in [9.17, 15) is 19.2 Å². The first-order chi connectivity index (χ1) is 15.2. The summed E-state index contributed by atoms with van der Waals surface area (Å²) in [6.07, 6.45) is 0.878. The quantitative estimate of drug-likeness (QED) is 0.526. The second-order valence-electron chi connectivity index (χ2n) is 7.74. The highest BCUT2D eigenvalue weighted by Gasteiger charge is 2.35. The van der Waals surface area contributed by atoms with Crippen LogP contribution in [0.25, 0.3) is 0 Å². The summed E-state index contributed by atoms with van der Waals surface area (Å²) in [4.78, 5) is 58.4. The maximum Gasteiger partial charge on any atom is 0.258 e. The Kier molecular flexibility index (Phi) is 6.07. The molecule has 2 aromatic rings. The minimum atomic E-state index is -1.03. The smallest absolute Gasteiger partial charge is 0.258 e. The van der Waals surface area contributed by atoms with Crippen molar-refractivity contribution >= 4 is 58.4 Å². The molecule has 0 unspecified atom stereocenters. The van der Waals surface area contributed by atoms with Crippen molar-refractivity contribution < 1.29 is 14.4 Å². The Balaban J connectivity index is 1.59. The lowest BCUT2D eigenvalue weighted by atomic mass is 9.92. The Bertz CT molecular complexity index is 1160. The molecule has 0 spiro atoms. The van der Waals surface area contributed by atoms with Crippen LogP contribution in [0.3, 0.4) is 0 Å². The molecule has 0 aliphatic carbocycles. The van der Waals surface area contributed by atoms with E-state index in [1.807, 2.05) is 4.90 Å². The molecular weight excluding hydrogens is 459 g/mol. The number of fused-ring (bicyclic) bond motifs is 1. The molecule has 1 saturated heterocycles. The maximum atomic E-state index is 12.9. The predicted octanol–water partition coefficient (Wildman–Crippen LogP) is 1.84. The number of halogens is 2. The minimum absolute atomic E-state index is 0.0475. The third-order valence-corrected chi connectivity index (χ3v) is 6.38. The number of carbonyl (C=O) groups excluding carboxylic acids is 3. The van der Waals surface area contributed by atoms with Gasteiger partial charge in [0.05, 0.1) is 21.5 Å². The van der Waals surface area contributed by atoms with Crippen molar-refractivity contribution in [2.75, 3.05) is 28.6 Å². The second-order valence-corrected chi connectivity index (χ2v) is 8.55. The molecule has 2 aliphatic rings. The van der Waals surface area contributed by atoms with Gasteiger partial charge in [0, 0.05) is 31.1 Å². The number of nitrogens with zero attached hydrogens (tertiary/aromatic N) is 2. The summed E-state index contributed by atoms with van der Waals surface area (Å²) in [5.41, 5.74) is 5.31. The largest absolute Gasteiger partial charge is 0.369 e. The Labute approximate surface area is 192 Å². The van der Waals surface area contributed by atoms with E-state index < -0.39 is 23.3 Å². The van der Waals surface area contributed by atoms with Gasteiger partial charge in [-0.3, -0.25) is 24.2 Å². The summed E-state index contributed by atoms with van der Waals surface area (Å²) in [6, 6.07) is 4.58. The average Bonchev–Trinajstić information content (AvgIpc) is 2.75. The summed E-state index contributed by atoms with van der Waals surface area (Å²) >= 11 is 11.9. The minimum Gasteiger partial charge on any atom is -0.369 e. The fraction of sp³-hybridized carbons (Fsp3) is 0.350. The predicted molar refractivity (Wildman–Crippen MR) is 120 cm³/mol. The van der Waals surface area contributed by atoms with E-state index in [0.717, 1.165) is 0 Å². The maximum absolute atomic E-state index is 12.9. The van der Waals surface area contributed by atoms with Gasteiger partial charge in [-0.2, -0.15) is 4.98 Å². The van der Waals surface area contributed by atoms with Crippen molar-refractivity contribution in [2.24, 2.45) is 11.7 Å². The number of aromatic nitrogens is 2. The second kappa shape index (κ2) is 8.79. The van der Waals surface area contributed by atoms with Crippen molar-refractivity contribution in [3.63, 3.8) is 0 Å². The molecule has 4 rings (SSSR count). The zero-order valence-electron chi connectivity index (χ0n) is 16.8. The molecule has 2 aliphatic heterocycles. The molecule has 10 nitrogen and oxygen atoms in total. The van der Waals surface area contributed by atoms with E-state index in [0.29, 0.717) is 36.6 Å². The molecular formula is C20H20Cl2N6O4. The molecule has 32 heavy (non-hydrogen) atoms. The van der Waals surface area contributed by atoms with Crippen LogP contribution in [0.4, 0.5) is 17.5 Å². The summed E-state index contributed by atoms with van der Waals surface area (Å²) in [5.74, 6) is -2.25. The lowest BCUT2D eigenvalue weighted by molar-refractivity contribution is -0.123. The number of primary amides is 1. The van der Waals surface area contributed by atoms with Gasteiger partial charge in [-0.1, -0.05) is 23.2 Å². The van der Waals surface area contributed by atoms with Gasteiger partial charge >= 0.3 is 0 Å². The van der Waals surface area contributed by atoms with Crippen LogP contribution < -0.4 is 26.8 Å².